The number of benzene rings is 2. The number of alkyl halides is 8. The van der Waals surface area contributed by atoms with Crippen LogP contribution in [0.15, 0.2) is 42.5 Å². The van der Waals surface area contributed by atoms with Crippen LogP contribution in [0.5, 0.6) is 0 Å². The first-order valence-electron chi connectivity index (χ1n) is 21.6. The van der Waals surface area contributed by atoms with Gasteiger partial charge in [0.05, 0.1) is 45.8 Å². The molecule has 5 aromatic rings. The van der Waals surface area contributed by atoms with Crippen LogP contribution < -0.4 is 9.62 Å². The number of hydrogen-bond acceptors (Lipinski definition) is 11. The van der Waals surface area contributed by atoms with Gasteiger partial charge in [-0.05, 0) is 75.3 Å². The number of urea groups is 1. The molecule has 3 amide bonds. The number of pyridine rings is 1. The van der Waals surface area contributed by atoms with E-state index < -0.39 is 155 Å². The van der Waals surface area contributed by atoms with E-state index in [1.807, 2.05) is 0 Å². The fraction of sp³-hybridized carbons (Fsp3) is 0.455. The quantitative estimate of drug-likeness (QED) is 0.0746. The van der Waals surface area contributed by atoms with Crippen molar-refractivity contribution in [3.05, 3.63) is 93.0 Å². The maximum absolute atomic E-state index is 15.6. The molecule has 3 atom stereocenters. The number of carbonyl (C=O) groups excluding carboxylic acids is 3. The van der Waals surface area contributed by atoms with Crippen LogP contribution >= 0.6 is 11.6 Å². The molecule has 3 aromatic heterocycles. The number of nitrogens with zero attached hydrogens (tertiary/aromatic N) is 7. The smallest absolute Gasteiger partial charge is 0.435 e. The van der Waals surface area contributed by atoms with E-state index >= 15 is 8.78 Å². The Labute approximate surface area is 414 Å². The number of nitrogens with one attached hydrogen (secondary N) is 1. The molecule has 1 unspecified atom stereocenters. The molecular weight excluding hydrogens is 1060 g/mol. The van der Waals surface area contributed by atoms with Crippen molar-refractivity contribution >= 4 is 66.1 Å². The Bertz CT molecular complexity index is 3270. The monoisotopic (exact) mass is 1100 g/mol. The fourth-order valence-corrected chi connectivity index (χ4v) is 10.3. The van der Waals surface area contributed by atoms with Gasteiger partial charge in [0.15, 0.2) is 21.3 Å². The number of hydrogen-bond donors (Lipinski definition) is 1. The number of esters is 1. The van der Waals surface area contributed by atoms with Crippen molar-refractivity contribution in [2.75, 3.05) is 37.5 Å². The minimum absolute atomic E-state index is 0.0165. The number of aromatic nitrogens is 5. The second kappa shape index (κ2) is 19.0. The summed E-state index contributed by atoms with van der Waals surface area (Å²) >= 11 is 6.64. The highest BCUT2D eigenvalue weighted by Gasteiger charge is 2.68. The lowest BCUT2D eigenvalue weighted by Gasteiger charge is -2.25. The highest BCUT2D eigenvalue weighted by Crippen LogP contribution is 2.68. The Morgan fingerprint density at radius 3 is 2.15 bits per heavy atom. The van der Waals surface area contributed by atoms with Crippen LogP contribution in [-0.2, 0) is 72.2 Å². The summed E-state index contributed by atoms with van der Waals surface area (Å²) in [7, 11) is -6.70. The van der Waals surface area contributed by atoms with E-state index in [1.54, 1.807) is 0 Å². The van der Waals surface area contributed by atoms with Crippen LogP contribution in [0.4, 0.5) is 54.5 Å². The maximum atomic E-state index is 15.6. The number of fused-ring (bicyclic) bond motifs is 4. The molecule has 0 aliphatic heterocycles. The van der Waals surface area contributed by atoms with Gasteiger partial charge in [-0.15, -0.1) is 0 Å². The van der Waals surface area contributed by atoms with Crippen LogP contribution in [0.2, 0.25) is 5.02 Å². The van der Waals surface area contributed by atoms with Gasteiger partial charge < -0.3 is 15.0 Å². The number of sulfonamides is 1. The number of methoxy groups -OCH3 is 1. The Kier molecular flexibility index (Phi) is 14.3. The van der Waals surface area contributed by atoms with E-state index in [1.165, 1.54) is 26.0 Å². The third kappa shape index (κ3) is 11.1. The average Bonchev–Trinajstić information content (AvgIpc) is 3.76. The van der Waals surface area contributed by atoms with E-state index in [4.69, 9.17) is 11.6 Å². The summed E-state index contributed by atoms with van der Waals surface area (Å²) < 4.78 is 203. The Hall–Kier alpha value is -6.03. The van der Waals surface area contributed by atoms with Crippen molar-refractivity contribution in [3.63, 3.8) is 0 Å². The third-order valence-electron chi connectivity index (χ3n) is 12.6. The van der Waals surface area contributed by atoms with E-state index in [0.717, 1.165) is 44.7 Å². The number of halogens is 11. The summed E-state index contributed by atoms with van der Waals surface area (Å²) in [6.45, 7) is -1.34. The Morgan fingerprint density at radius 2 is 1.58 bits per heavy atom. The van der Waals surface area contributed by atoms with Crippen LogP contribution in [0.25, 0.3) is 22.0 Å². The zero-order chi connectivity index (χ0) is 54.3. The molecule has 396 valence electrons. The van der Waals surface area contributed by atoms with Crippen molar-refractivity contribution < 1.29 is 79.9 Å². The van der Waals surface area contributed by atoms with Gasteiger partial charge in [-0.25, -0.2) is 30.4 Å². The molecule has 0 spiro atoms. The summed E-state index contributed by atoms with van der Waals surface area (Å²) in [6.07, 6.45) is -10.1. The minimum Gasteiger partial charge on any atom is -0.468 e. The summed E-state index contributed by atoms with van der Waals surface area (Å²) in [6, 6.07) is 3.59. The molecule has 73 heavy (non-hydrogen) atoms. The van der Waals surface area contributed by atoms with Crippen LogP contribution in [0, 0.1) is 17.6 Å². The molecule has 2 aliphatic carbocycles. The van der Waals surface area contributed by atoms with E-state index in [2.05, 4.69) is 25.2 Å². The Morgan fingerprint density at radius 1 is 0.945 bits per heavy atom. The molecule has 0 radical (unpaired) electrons. The molecule has 3 heterocycles. The second-order valence-electron chi connectivity index (χ2n) is 18.4. The van der Waals surface area contributed by atoms with Gasteiger partial charge in [0.2, 0.25) is 15.9 Å². The molecule has 1 fully saturated rings. The molecule has 0 bridgehead atoms. The zero-order valence-electron chi connectivity index (χ0n) is 39.1. The molecule has 1 saturated carbocycles. The number of ether oxygens (including phenoxy) is 1. The fourth-order valence-electron chi connectivity index (χ4n) is 8.69. The molecule has 0 saturated heterocycles. The van der Waals surface area contributed by atoms with Crippen molar-refractivity contribution in [1.82, 2.24) is 34.8 Å². The molecule has 2 aromatic carbocycles. The number of rotatable bonds is 16. The first-order chi connectivity index (χ1) is 33.5. The summed E-state index contributed by atoms with van der Waals surface area (Å²) in [4.78, 5) is 45.4. The van der Waals surface area contributed by atoms with E-state index in [-0.39, 0.29) is 61.0 Å². The largest absolute Gasteiger partial charge is 0.468 e. The van der Waals surface area contributed by atoms with Gasteiger partial charge in [0, 0.05) is 47.7 Å². The average molecular weight is 1100 g/mol. The minimum atomic E-state index is -5.22. The SMILES string of the molecule is COC(=O)CN(C)C(=O)N(c1nn(CC(F)(F)F)c2c(-c3ccc(CCC(C)(C)S(C)(=O)=O)nc3[C@H](Cc3cc(F)cc(F)c3)NC(=O)Cn3nc(C(F)(F)F)c4c3C(F)(F)C3C[C@H]43)ccc(Cl)c12)S(C)(=O)=O. The molecule has 2 aliphatic rings. The van der Waals surface area contributed by atoms with Gasteiger partial charge in [0.25, 0.3) is 5.92 Å². The molecule has 16 nitrogen and oxygen atoms in total. The van der Waals surface area contributed by atoms with Gasteiger partial charge in [0.1, 0.15) is 37.0 Å². The highest BCUT2D eigenvalue weighted by atomic mass is 35.5. The number of amides is 3. The number of aryl methyl sites for hydroxylation is 1. The first kappa shape index (κ1) is 54.7. The lowest BCUT2D eigenvalue weighted by Crippen LogP contribution is -2.46. The topological polar surface area (TPSA) is 196 Å². The van der Waals surface area contributed by atoms with Gasteiger partial charge in [-0.3, -0.25) is 23.9 Å². The van der Waals surface area contributed by atoms with Crippen LogP contribution in [0.3, 0.4) is 0 Å². The standard InChI is InChI=1S/C44H43ClF10N8O8S2/c1-41(2,72(5,67)68)12-11-24-7-8-25(26-9-10-29(45)34-36(26)62(20-42(48,49)50)59-39(34)63(73(6,69)70)40(66)60(3)19-32(65)71-4)35(56-24)30(15-21-13-22(46)16-23(47)14-21)57-31(64)18-61-38-33(37(58-61)44(53,54)55)27-17-28(27)43(38,51)52/h7-10,13-14,16,27-28,30H,11-12,15,17-20H2,1-6H3,(H,57,64)/t27-,28?,30-/m0/s1. The molecule has 7 rings (SSSR count). The van der Waals surface area contributed by atoms with Gasteiger partial charge in [-0.2, -0.15) is 49.6 Å². The number of anilines is 1. The lowest BCUT2D eigenvalue weighted by atomic mass is 9.93. The van der Waals surface area contributed by atoms with E-state index in [9.17, 15) is 66.3 Å². The van der Waals surface area contributed by atoms with Crippen molar-refractivity contribution in [3.8, 4) is 11.1 Å². The van der Waals surface area contributed by atoms with Crippen LogP contribution in [-0.4, -0.2) is 108 Å². The predicted octanol–water partition coefficient (Wildman–Crippen LogP) is 7.86. The Balaban J connectivity index is 1.47. The zero-order valence-corrected chi connectivity index (χ0v) is 41.5. The van der Waals surface area contributed by atoms with Crippen molar-refractivity contribution in [2.24, 2.45) is 5.92 Å². The normalized spacial score (nSPS) is 17.0. The predicted molar refractivity (Wildman–Crippen MR) is 242 cm³/mol. The van der Waals surface area contributed by atoms with E-state index in [0.29, 0.717) is 17.2 Å². The number of sulfone groups is 1. The third-order valence-corrected chi connectivity index (χ3v) is 16.1. The van der Waals surface area contributed by atoms with Gasteiger partial charge >= 0.3 is 24.4 Å². The summed E-state index contributed by atoms with van der Waals surface area (Å²) in [5.41, 5.74) is -5.39. The van der Waals surface area contributed by atoms with Crippen molar-refractivity contribution in [2.45, 2.75) is 87.6 Å². The summed E-state index contributed by atoms with van der Waals surface area (Å²) in [5.74, 6) is -12.1. The molecular formula is C44H43ClF10N8O8S2. The number of carbonyl (C=O) groups is 3. The molecule has 29 heteroatoms. The second-order valence-corrected chi connectivity index (χ2v) is 23.3. The van der Waals surface area contributed by atoms with Crippen molar-refractivity contribution in [1.29, 1.82) is 0 Å². The number of likely N-dealkylation sites (N-methyl/N-ethyl adjacent to an activating group) is 1. The lowest BCUT2D eigenvalue weighted by molar-refractivity contribution is -0.143. The first-order valence-corrected chi connectivity index (χ1v) is 25.7. The summed E-state index contributed by atoms with van der Waals surface area (Å²) in [5, 5.41) is 8.67. The van der Waals surface area contributed by atoms with Crippen LogP contribution in [0.1, 0.15) is 72.6 Å². The molecule has 1 N–H and O–H groups in total. The van der Waals surface area contributed by atoms with Gasteiger partial charge in [-0.1, -0.05) is 23.7 Å². The highest BCUT2D eigenvalue weighted by molar-refractivity contribution is 7.93. The maximum Gasteiger partial charge on any atom is 0.435 e.